The first-order valence-corrected chi connectivity index (χ1v) is 12.2. The lowest BCUT2D eigenvalue weighted by atomic mass is 10.0. The van der Waals surface area contributed by atoms with E-state index in [1.807, 2.05) is 116 Å². The molecule has 0 N–H and O–H groups in total. The summed E-state index contributed by atoms with van der Waals surface area (Å²) >= 11 is 0. The van der Waals surface area contributed by atoms with E-state index in [0.29, 0.717) is 9.77 Å². The Bertz CT molecular complexity index is 1180. The third kappa shape index (κ3) is 5.19. The molecule has 5 nitrogen and oxygen atoms in total. The maximum atomic E-state index is 11.7. The third-order valence-electron chi connectivity index (χ3n) is 4.95. The summed E-state index contributed by atoms with van der Waals surface area (Å²) in [6.45, 7) is 0. The van der Waals surface area contributed by atoms with Crippen molar-refractivity contribution < 1.29 is 28.0 Å². The second kappa shape index (κ2) is 9.42. The summed E-state index contributed by atoms with van der Waals surface area (Å²) in [5.74, 6) is 0. The van der Waals surface area contributed by atoms with E-state index in [1.54, 1.807) is 0 Å². The highest BCUT2D eigenvalue weighted by atomic mass is 35.7. The van der Waals surface area contributed by atoms with Crippen LogP contribution >= 0.6 is 10.8 Å². The number of halogens is 1. The Kier molecular flexibility index (Phi) is 6.62. The highest BCUT2D eigenvalue weighted by molar-refractivity contribution is 8.20. The van der Waals surface area contributed by atoms with E-state index in [0.717, 1.165) is 28.0 Å². The fraction of sp³-hybridized carbons (Fsp3) is 0.0800. The standard InChI is InChI=1S/C25H22ClNO4S/c1-27(2)23-15-13-21(14-16-23)25-18-22(19-9-5-3-6-10-19)17-24(20-11-7-4-8-12-20)32(25)31-26(28,29)30/h3-18H,1-2H3. The lowest BCUT2D eigenvalue weighted by Crippen LogP contribution is -2.60. The van der Waals surface area contributed by atoms with Gasteiger partial charge in [0.25, 0.3) is 0 Å². The Hall–Kier alpha value is -2.71. The summed E-state index contributed by atoms with van der Waals surface area (Å²) in [6.07, 6.45) is 3.79. The first-order chi connectivity index (χ1) is 15.3. The Morgan fingerprint density at radius 1 is 0.688 bits per heavy atom. The van der Waals surface area contributed by atoms with E-state index in [9.17, 15) is 14.0 Å². The monoisotopic (exact) mass is 467 g/mol. The van der Waals surface area contributed by atoms with Gasteiger partial charge in [-0.05, 0) is 46.5 Å². The molecule has 0 amide bonds. The molecule has 0 spiro atoms. The van der Waals surface area contributed by atoms with Crippen molar-refractivity contribution in [3.05, 3.63) is 114 Å². The Morgan fingerprint density at radius 3 is 1.78 bits per heavy atom. The van der Waals surface area contributed by atoms with Crippen molar-refractivity contribution in [1.29, 1.82) is 0 Å². The molecule has 1 atom stereocenters. The zero-order chi connectivity index (χ0) is 22.7. The van der Waals surface area contributed by atoms with E-state index in [4.69, 9.17) is 3.74 Å². The summed E-state index contributed by atoms with van der Waals surface area (Å²) in [4.78, 5) is 3.24. The van der Waals surface area contributed by atoms with Crippen LogP contribution in [0.2, 0.25) is 0 Å². The SMILES string of the molecule is CN(C)c1ccc(C2=CC(c3ccccc3)=CC(c3ccccc3)=S2O[Cl+3]([O-])([O-])[O-])cc1. The minimum absolute atomic E-state index is 0.627. The third-order valence-corrected chi connectivity index (χ3v) is 7.57. The summed E-state index contributed by atoms with van der Waals surface area (Å²) in [5.41, 5.74) is 4.47. The van der Waals surface area contributed by atoms with Gasteiger partial charge >= 0.3 is 0 Å². The molecule has 164 valence electrons. The van der Waals surface area contributed by atoms with Crippen LogP contribution in [0.15, 0.2) is 97.1 Å². The lowest BCUT2D eigenvalue weighted by molar-refractivity contribution is -1.91. The van der Waals surface area contributed by atoms with E-state index >= 15 is 0 Å². The van der Waals surface area contributed by atoms with Gasteiger partial charge in [0.15, 0.2) is 0 Å². The zero-order valence-electron chi connectivity index (χ0n) is 17.6. The van der Waals surface area contributed by atoms with Crippen LogP contribution < -0.4 is 18.9 Å². The topological polar surface area (TPSA) is 81.7 Å². The van der Waals surface area contributed by atoms with Crippen molar-refractivity contribution in [2.75, 3.05) is 19.0 Å². The van der Waals surface area contributed by atoms with Crippen molar-refractivity contribution in [3.63, 3.8) is 0 Å². The molecule has 7 heteroatoms. The molecular weight excluding hydrogens is 446 g/mol. The molecule has 0 saturated heterocycles. The molecule has 1 heterocycles. The number of allylic oxidation sites excluding steroid dienone is 3. The van der Waals surface area contributed by atoms with Crippen LogP contribution in [0.25, 0.3) is 10.5 Å². The first-order valence-electron chi connectivity index (χ1n) is 9.86. The van der Waals surface area contributed by atoms with Crippen molar-refractivity contribution in [2.45, 2.75) is 0 Å². The molecule has 1 aliphatic rings. The van der Waals surface area contributed by atoms with Gasteiger partial charge in [-0.3, -0.25) is 0 Å². The normalized spacial score (nSPS) is 16.4. The van der Waals surface area contributed by atoms with E-state index in [-0.39, 0.29) is 0 Å². The molecule has 0 bridgehead atoms. The van der Waals surface area contributed by atoms with Gasteiger partial charge in [-0.15, -0.1) is 0 Å². The van der Waals surface area contributed by atoms with Crippen LogP contribution in [0.3, 0.4) is 0 Å². The molecule has 1 aliphatic heterocycles. The van der Waals surface area contributed by atoms with Gasteiger partial charge in [0.1, 0.15) is 14.5 Å². The molecule has 0 fully saturated rings. The number of hydrogen-bond donors (Lipinski definition) is 0. The number of nitrogens with zero attached hydrogens (tertiary/aromatic N) is 1. The Morgan fingerprint density at radius 2 is 1.25 bits per heavy atom. The molecule has 1 unspecified atom stereocenters. The number of rotatable bonds is 6. The summed E-state index contributed by atoms with van der Waals surface area (Å²) in [7, 11) is -2.17. The smallest absolute Gasteiger partial charge is 0.148 e. The average molecular weight is 468 g/mol. The van der Waals surface area contributed by atoms with Gasteiger partial charge in [-0.25, -0.2) is 0 Å². The molecule has 4 rings (SSSR count). The molecule has 3 aromatic carbocycles. The van der Waals surface area contributed by atoms with Crippen LogP contribution in [0.5, 0.6) is 0 Å². The van der Waals surface area contributed by atoms with Crippen LogP contribution in [-0.2, 0) is 3.74 Å². The number of anilines is 1. The van der Waals surface area contributed by atoms with Crippen molar-refractivity contribution in [2.24, 2.45) is 0 Å². The molecule has 32 heavy (non-hydrogen) atoms. The lowest BCUT2D eigenvalue weighted by Gasteiger charge is -2.22. The molecule has 0 aromatic heterocycles. The van der Waals surface area contributed by atoms with Crippen LogP contribution in [0.1, 0.15) is 16.7 Å². The van der Waals surface area contributed by atoms with Crippen molar-refractivity contribution in [3.8, 4) is 0 Å². The fourth-order valence-corrected chi connectivity index (χ4v) is 5.96. The van der Waals surface area contributed by atoms with Gasteiger partial charge < -0.3 is 4.90 Å². The highest BCUT2D eigenvalue weighted by Crippen LogP contribution is 2.45. The van der Waals surface area contributed by atoms with Crippen molar-refractivity contribution in [1.82, 2.24) is 0 Å². The van der Waals surface area contributed by atoms with Gasteiger partial charge in [0.05, 0.1) is 20.0 Å². The molecule has 3 aromatic rings. The Labute approximate surface area is 192 Å². The van der Waals surface area contributed by atoms with Gasteiger partial charge in [0, 0.05) is 19.8 Å². The minimum atomic E-state index is -4.64. The maximum absolute atomic E-state index is 11.7. The predicted molar refractivity (Wildman–Crippen MR) is 122 cm³/mol. The molecule has 0 radical (unpaired) electrons. The largest absolute Gasteiger partial charge is 0.378 e. The zero-order valence-corrected chi connectivity index (χ0v) is 19.2. The molecule has 0 saturated carbocycles. The van der Waals surface area contributed by atoms with E-state index < -0.39 is 21.0 Å². The maximum Gasteiger partial charge on any atom is 0.148 e. The summed E-state index contributed by atoms with van der Waals surface area (Å²) in [5, 5.41) is 0. The second-order valence-corrected chi connectivity index (χ2v) is 10.0. The molecular formula is C25H22ClNO4S. The molecule has 0 aliphatic carbocycles. The van der Waals surface area contributed by atoms with Gasteiger partial charge in [0.2, 0.25) is 0 Å². The number of benzene rings is 3. The average Bonchev–Trinajstić information content (AvgIpc) is 2.79. The van der Waals surface area contributed by atoms with Gasteiger partial charge in [-0.2, -0.15) is 14.0 Å². The van der Waals surface area contributed by atoms with Crippen LogP contribution in [0, 0.1) is 10.2 Å². The minimum Gasteiger partial charge on any atom is -0.378 e. The Balaban J connectivity index is 1.95. The summed E-state index contributed by atoms with van der Waals surface area (Å²) in [6, 6.07) is 26.9. The fourth-order valence-electron chi connectivity index (χ4n) is 3.40. The van der Waals surface area contributed by atoms with Crippen LogP contribution in [0.4, 0.5) is 5.69 Å². The van der Waals surface area contributed by atoms with E-state index in [1.165, 1.54) is 0 Å². The number of hydrogen-bond acceptors (Lipinski definition) is 5. The van der Waals surface area contributed by atoms with E-state index in [2.05, 4.69) is 0 Å². The van der Waals surface area contributed by atoms with Gasteiger partial charge in [-0.1, -0.05) is 72.8 Å². The quantitative estimate of drug-likeness (QED) is 0.520. The predicted octanol–water partition coefficient (Wildman–Crippen LogP) is 2.51. The first kappa shape index (κ1) is 22.5. The van der Waals surface area contributed by atoms with Crippen LogP contribution in [-0.4, -0.2) is 19.0 Å². The van der Waals surface area contributed by atoms with Crippen molar-refractivity contribution >= 4 is 31.8 Å². The second-order valence-electron chi connectivity index (χ2n) is 7.36. The summed E-state index contributed by atoms with van der Waals surface area (Å²) < 4.78 is 40.2. The highest BCUT2D eigenvalue weighted by Gasteiger charge is 2.31.